The topological polar surface area (TPSA) is 37.4 Å². The van der Waals surface area contributed by atoms with E-state index in [0.717, 1.165) is 5.56 Å². The SMILES string of the molecule is Cc1ccc(S(=O)(=O)N2C[C@H](c3ccccc3)[C@H](c3ccccc3)C2)cc1. The summed E-state index contributed by atoms with van der Waals surface area (Å²) >= 11 is 0. The van der Waals surface area contributed by atoms with Crippen LogP contribution in [0.5, 0.6) is 0 Å². The maximum absolute atomic E-state index is 13.2. The first-order valence-corrected chi connectivity index (χ1v) is 10.7. The van der Waals surface area contributed by atoms with Gasteiger partial charge in [0.05, 0.1) is 4.90 Å². The second-order valence-electron chi connectivity index (χ2n) is 7.17. The highest BCUT2D eigenvalue weighted by molar-refractivity contribution is 7.89. The molecular formula is C23H23NO2S. The molecule has 0 bridgehead atoms. The van der Waals surface area contributed by atoms with E-state index in [1.807, 2.05) is 55.5 Å². The van der Waals surface area contributed by atoms with Gasteiger partial charge in [0.1, 0.15) is 0 Å². The lowest BCUT2D eigenvalue weighted by Crippen LogP contribution is -2.29. The monoisotopic (exact) mass is 377 g/mol. The van der Waals surface area contributed by atoms with E-state index in [9.17, 15) is 8.42 Å². The molecule has 1 aliphatic rings. The Balaban J connectivity index is 1.71. The Morgan fingerprint density at radius 1 is 0.704 bits per heavy atom. The minimum Gasteiger partial charge on any atom is -0.207 e. The molecule has 4 rings (SSSR count). The van der Waals surface area contributed by atoms with E-state index in [1.54, 1.807) is 16.4 Å². The van der Waals surface area contributed by atoms with Crippen molar-refractivity contribution >= 4 is 10.0 Å². The highest BCUT2D eigenvalue weighted by atomic mass is 32.2. The van der Waals surface area contributed by atoms with Gasteiger partial charge >= 0.3 is 0 Å². The van der Waals surface area contributed by atoms with Crippen LogP contribution in [-0.4, -0.2) is 25.8 Å². The van der Waals surface area contributed by atoms with Crippen LogP contribution in [0.25, 0.3) is 0 Å². The molecule has 3 aromatic rings. The summed E-state index contributed by atoms with van der Waals surface area (Å²) < 4.78 is 28.1. The van der Waals surface area contributed by atoms with E-state index in [0.29, 0.717) is 18.0 Å². The number of nitrogens with zero attached hydrogens (tertiary/aromatic N) is 1. The average Bonchev–Trinajstić information content (AvgIpc) is 3.16. The number of rotatable bonds is 4. The van der Waals surface area contributed by atoms with Crippen molar-refractivity contribution in [2.45, 2.75) is 23.7 Å². The fraction of sp³-hybridized carbons (Fsp3) is 0.217. The number of hydrogen-bond acceptors (Lipinski definition) is 2. The molecule has 1 aliphatic heterocycles. The molecule has 3 nitrogen and oxygen atoms in total. The molecule has 3 aromatic carbocycles. The molecule has 2 atom stereocenters. The summed E-state index contributed by atoms with van der Waals surface area (Å²) in [4.78, 5) is 0.369. The lowest BCUT2D eigenvalue weighted by atomic mass is 9.84. The highest BCUT2D eigenvalue weighted by Crippen LogP contribution is 2.41. The van der Waals surface area contributed by atoms with Crippen LogP contribution < -0.4 is 0 Å². The van der Waals surface area contributed by atoms with E-state index < -0.39 is 10.0 Å². The van der Waals surface area contributed by atoms with Crippen molar-refractivity contribution in [3.8, 4) is 0 Å². The van der Waals surface area contributed by atoms with E-state index in [4.69, 9.17) is 0 Å². The molecule has 4 heteroatoms. The maximum atomic E-state index is 13.2. The van der Waals surface area contributed by atoms with Gasteiger partial charge in [-0.05, 0) is 30.2 Å². The van der Waals surface area contributed by atoms with Crippen LogP contribution in [-0.2, 0) is 10.0 Å². The van der Waals surface area contributed by atoms with Crippen molar-refractivity contribution < 1.29 is 8.42 Å². The fourth-order valence-electron chi connectivity index (χ4n) is 3.90. The maximum Gasteiger partial charge on any atom is 0.243 e. The molecule has 0 spiro atoms. The summed E-state index contributed by atoms with van der Waals surface area (Å²) in [5.74, 6) is 0.294. The Hall–Kier alpha value is -2.43. The molecular weight excluding hydrogens is 354 g/mol. The Morgan fingerprint density at radius 2 is 1.15 bits per heavy atom. The van der Waals surface area contributed by atoms with E-state index in [2.05, 4.69) is 24.3 Å². The second-order valence-corrected chi connectivity index (χ2v) is 9.11. The van der Waals surface area contributed by atoms with Gasteiger partial charge in [-0.15, -0.1) is 0 Å². The first-order chi connectivity index (χ1) is 13.1. The van der Waals surface area contributed by atoms with Crippen molar-refractivity contribution in [3.63, 3.8) is 0 Å². The quantitative estimate of drug-likeness (QED) is 0.668. The van der Waals surface area contributed by atoms with Crippen LogP contribution >= 0.6 is 0 Å². The standard InChI is InChI=1S/C23H23NO2S/c1-18-12-14-21(15-13-18)27(25,26)24-16-22(19-8-4-2-5-9-19)23(17-24)20-10-6-3-7-11-20/h2-15,22-23H,16-17H2,1H3/t22-,23+. The van der Waals surface area contributed by atoms with Crippen LogP contribution in [0.4, 0.5) is 0 Å². The molecule has 0 radical (unpaired) electrons. The van der Waals surface area contributed by atoms with E-state index in [-0.39, 0.29) is 11.8 Å². The third-order valence-corrected chi connectivity index (χ3v) is 7.25. The number of aryl methyl sites for hydroxylation is 1. The fourth-order valence-corrected chi connectivity index (χ4v) is 5.39. The zero-order valence-corrected chi connectivity index (χ0v) is 16.1. The Labute approximate surface area is 161 Å². The lowest BCUT2D eigenvalue weighted by molar-refractivity contribution is 0.470. The van der Waals surface area contributed by atoms with Gasteiger partial charge in [-0.3, -0.25) is 0 Å². The summed E-state index contributed by atoms with van der Waals surface area (Å²) in [6, 6.07) is 27.6. The summed E-state index contributed by atoms with van der Waals surface area (Å²) in [5, 5.41) is 0. The molecule has 27 heavy (non-hydrogen) atoms. The van der Waals surface area contributed by atoms with Crippen LogP contribution in [0.2, 0.25) is 0 Å². The van der Waals surface area contributed by atoms with Crippen molar-refractivity contribution in [1.29, 1.82) is 0 Å². The van der Waals surface area contributed by atoms with Gasteiger partial charge in [-0.25, -0.2) is 8.42 Å². The molecule has 0 amide bonds. The minimum absolute atomic E-state index is 0.147. The summed E-state index contributed by atoms with van der Waals surface area (Å²) in [6.45, 7) is 2.96. The molecule has 0 N–H and O–H groups in total. The Bertz CT molecular complexity index is 952. The van der Waals surface area contributed by atoms with Crippen LogP contribution in [0, 0.1) is 6.92 Å². The van der Waals surface area contributed by atoms with Crippen molar-refractivity contribution in [2.75, 3.05) is 13.1 Å². The first kappa shape index (κ1) is 18.0. The van der Waals surface area contributed by atoms with Gasteiger partial charge in [0.25, 0.3) is 0 Å². The average molecular weight is 378 g/mol. The number of hydrogen-bond donors (Lipinski definition) is 0. The zero-order chi connectivity index (χ0) is 18.9. The third kappa shape index (κ3) is 3.55. The number of sulfonamides is 1. The van der Waals surface area contributed by atoms with Gasteiger partial charge < -0.3 is 0 Å². The van der Waals surface area contributed by atoms with Crippen molar-refractivity contribution in [1.82, 2.24) is 4.31 Å². The smallest absolute Gasteiger partial charge is 0.207 e. The van der Waals surface area contributed by atoms with Crippen LogP contribution in [0.3, 0.4) is 0 Å². The van der Waals surface area contributed by atoms with Gasteiger partial charge in [0.2, 0.25) is 10.0 Å². The lowest BCUT2D eigenvalue weighted by Gasteiger charge is -2.19. The molecule has 1 heterocycles. The molecule has 0 aromatic heterocycles. The van der Waals surface area contributed by atoms with Gasteiger partial charge in [0, 0.05) is 24.9 Å². The molecule has 1 saturated heterocycles. The zero-order valence-electron chi connectivity index (χ0n) is 15.3. The molecule has 0 saturated carbocycles. The summed E-state index contributed by atoms with van der Waals surface area (Å²) in [7, 11) is -3.50. The molecule has 138 valence electrons. The van der Waals surface area contributed by atoms with Gasteiger partial charge in [-0.1, -0.05) is 78.4 Å². The third-order valence-electron chi connectivity index (χ3n) is 5.40. The largest absolute Gasteiger partial charge is 0.243 e. The van der Waals surface area contributed by atoms with Gasteiger partial charge in [0.15, 0.2) is 0 Å². The highest BCUT2D eigenvalue weighted by Gasteiger charge is 2.40. The molecule has 0 aliphatic carbocycles. The predicted octanol–water partition coefficient (Wildman–Crippen LogP) is 4.57. The summed E-state index contributed by atoms with van der Waals surface area (Å²) in [5.41, 5.74) is 3.43. The van der Waals surface area contributed by atoms with E-state index >= 15 is 0 Å². The Morgan fingerprint density at radius 3 is 1.59 bits per heavy atom. The van der Waals surface area contributed by atoms with Crippen molar-refractivity contribution in [3.05, 3.63) is 102 Å². The number of benzene rings is 3. The van der Waals surface area contributed by atoms with Gasteiger partial charge in [-0.2, -0.15) is 4.31 Å². The van der Waals surface area contributed by atoms with Crippen molar-refractivity contribution in [2.24, 2.45) is 0 Å². The van der Waals surface area contributed by atoms with E-state index in [1.165, 1.54) is 11.1 Å². The van der Waals surface area contributed by atoms with Crippen LogP contribution in [0.15, 0.2) is 89.8 Å². The minimum atomic E-state index is -3.50. The first-order valence-electron chi connectivity index (χ1n) is 9.22. The second kappa shape index (κ2) is 7.29. The molecule has 0 unspecified atom stereocenters. The summed E-state index contributed by atoms with van der Waals surface area (Å²) in [6.07, 6.45) is 0. The molecule has 1 fully saturated rings. The predicted molar refractivity (Wildman–Crippen MR) is 108 cm³/mol. The normalized spacial score (nSPS) is 20.6. The Kier molecular flexibility index (Phi) is 4.85. The van der Waals surface area contributed by atoms with Crippen LogP contribution in [0.1, 0.15) is 28.5 Å².